The monoisotopic (exact) mass is 206 g/mol. The lowest BCUT2D eigenvalue weighted by atomic mass is 10.2. The van der Waals surface area contributed by atoms with Gasteiger partial charge in [-0.25, -0.2) is 0 Å². The van der Waals surface area contributed by atoms with Gasteiger partial charge in [0.25, 0.3) is 0 Å². The van der Waals surface area contributed by atoms with Crippen LogP contribution in [0.25, 0.3) is 0 Å². The third-order valence-electron chi connectivity index (χ3n) is 2.61. The zero-order chi connectivity index (χ0) is 10.5. The van der Waals surface area contributed by atoms with Crippen LogP contribution in [0.5, 0.6) is 0 Å². The van der Waals surface area contributed by atoms with Crippen LogP contribution in [-0.2, 0) is 11.3 Å². The van der Waals surface area contributed by atoms with Crippen LogP contribution in [0.3, 0.4) is 0 Å². The summed E-state index contributed by atoms with van der Waals surface area (Å²) in [4.78, 5) is 0. The number of hydroxylamine groups is 1. The first kappa shape index (κ1) is 10.2. The van der Waals surface area contributed by atoms with Crippen LogP contribution in [0.1, 0.15) is 18.4 Å². The van der Waals surface area contributed by atoms with Crippen molar-refractivity contribution < 1.29 is 14.7 Å². The predicted molar refractivity (Wildman–Crippen MR) is 57.2 cm³/mol. The molecule has 1 heterocycles. The number of ether oxygens (including phenoxy) is 1. The number of rotatable bonds is 4. The first-order valence-corrected chi connectivity index (χ1v) is 5.28. The van der Waals surface area contributed by atoms with Gasteiger partial charge in [0.1, 0.15) is 6.61 Å². The average Bonchev–Trinajstić information content (AvgIpc) is 2.66. The normalized spacial score (nSPS) is 20.3. The third kappa shape index (κ3) is 2.80. The second-order valence-electron chi connectivity index (χ2n) is 3.79. The summed E-state index contributed by atoms with van der Waals surface area (Å²) in [6.45, 7) is 1.20. The van der Waals surface area contributed by atoms with Crippen molar-refractivity contribution in [1.82, 2.24) is 0 Å². The van der Waals surface area contributed by atoms with Gasteiger partial charge in [0.15, 0.2) is 6.21 Å². The highest BCUT2D eigenvalue weighted by Crippen LogP contribution is 2.08. The Morgan fingerprint density at radius 2 is 2.13 bits per heavy atom. The van der Waals surface area contributed by atoms with Crippen LogP contribution in [0, 0.1) is 0 Å². The predicted octanol–water partition coefficient (Wildman–Crippen LogP) is 1.84. The van der Waals surface area contributed by atoms with E-state index in [1.54, 1.807) is 6.21 Å². The molecule has 15 heavy (non-hydrogen) atoms. The van der Waals surface area contributed by atoms with E-state index in [4.69, 9.17) is 4.74 Å². The van der Waals surface area contributed by atoms with E-state index in [0.717, 1.165) is 12.8 Å². The summed E-state index contributed by atoms with van der Waals surface area (Å²) in [5.74, 6) is 0. The summed E-state index contributed by atoms with van der Waals surface area (Å²) in [5, 5.41) is 9.38. The third-order valence-corrected chi connectivity index (χ3v) is 2.61. The number of hydrogen-bond donors (Lipinski definition) is 1. The Morgan fingerprint density at radius 1 is 1.33 bits per heavy atom. The van der Waals surface area contributed by atoms with Crippen LogP contribution in [0.2, 0.25) is 0 Å². The van der Waals surface area contributed by atoms with Crippen LogP contribution >= 0.6 is 0 Å². The molecule has 0 saturated heterocycles. The van der Waals surface area contributed by atoms with E-state index < -0.39 is 0 Å². The van der Waals surface area contributed by atoms with Crippen molar-refractivity contribution >= 4 is 6.21 Å². The van der Waals surface area contributed by atoms with Crippen molar-refractivity contribution in [3.63, 3.8) is 0 Å². The maximum atomic E-state index is 9.38. The van der Waals surface area contributed by atoms with Crippen LogP contribution in [-0.4, -0.2) is 28.8 Å². The molecule has 3 nitrogen and oxygen atoms in total. The van der Waals surface area contributed by atoms with E-state index in [9.17, 15) is 5.21 Å². The van der Waals surface area contributed by atoms with Gasteiger partial charge in [-0.05, 0) is 10.3 Å². The Balaban J connectivity index is 1.74. The van der Waals surface area contributed by atoms with Gasteiger partial charge < -0.3 is 4.74 Å². The van der Waals surface area contributed by atoms with Crippen LogP contribution < -0.4 is 0 Å². The summed E-state index contributed by atoms with van der Waals surface area (Å²) in [6, 6.07) is 10.2. The second kappa shape index (κ2) is 4.94. The molecule has 1 aliphatic rings. The maximum Gasteiger partial charge on any atom is 0.225 e. The summed E-state index contributed by atoms with van der Waals surface area (Å²) < 4.78 is 6.82. The molecule has 3 heteroatoms. The lowest BCUT2D eigenvalue weighted by molar-refractivity contribution is -0.792. The summed E-state index contributed by atoms with van der Waals surface area (Å²) in [6.07, 6.45) is 3.72. The van der Waals surface area contributed by atoms with E-state index >= 15 is 0 Å². The Morgan fingerprint density at radius 3 is 2.80 bits per heavy atom. The van der Waals surface area contributed by atoms with Gasteiger partial charge in [-0.15, -0.1) is 0 Å². The van der Waals surface area contributed by atoms with Crippen molar-refractivity contribution in [2.45, 2.75) is 25.5 Å². The largest absolute Gasteiger partial charge is 0.370 e. The van der Waals surface area contributed by atoms with Gasteiger partial charge in [-0.3, -0.25) is 5.21 Å². The van der Waals surface area contributed by atoms with Crippen molar-refractivity contribution in [2.24, 2.45) is 0 Å². The molecule has 0 aromatic heterocycles. The molecule has 80 valence electrons. The fraction of sp³-hybridized carbons (Fsp3) is 0.417. The van der Waals surface area contributed by atoms with Gasteiger partial charge >= 0.3 is 0 Å². The smallest absolute Gasteiger partial charge is 0.225 e. The molecule has 0 bridgehead atoms. The first-order valence-electron chi connectivity index (χ1n) is 5.28. The Labute approximate surface area is 89.6 Å². The zero-order valence-corrected chi connectivity index (χ0v) is 8.67. The standard InChI is InChI=1S/C12H16NO2/c14-13-8-4-7-12(13)10-15-9-11-5-2-1-3-6-11/h1-3,5-6,8,12,14H,4,7,9-10H2/q+1. The average molecular weight is 206 g/mol. The number of hydrogen-bond acceptors (Lipinski definition) is 2. The van der Waals surface area contributed by atoms with Gasteiger partial charge in [-0.1, -0.05) is 30.3 Å². The van der Waals surface area contributed by atoms with Crippen molar-refractivity contribution in [1.29, 1.82) is 0 Å². The van der Waals surface area contributed by atoms with E-state index in [1.807, 2.05) is 30.3 Å². The molecule has 2 rings (SSSR count). The highest BCUT2D eigenvalue weighted by molar-refractivity contribution is 5.52. The Kier molecular flexibility index (Phi) is 3.35. The maximum absolute atomic E-state index is 9.38. The van der Waals surface area contributed by atoms with Gasteiger partial charge in [-0.2, -0.15) is 0 Å². The molecule has 0 saturated carbocycles. The second-order valence-corrected chi connectivity index (χ2v) is 3.79. The molecule has 1 aromatic carbocycles. The van der Waals surface area contributed by atoms with Crippen molar-refractivity contribution in [2.75, 3.05) is 6.61 Å². The molecule has 0 fully saturated rings. The minimum Gasteiger partial charge on any atom is -0.370 e. The molecule has 0 radical (unpaired) electrons. The molecule has 1 N–H and O–H groups in total. The fourth-order valence-electron chi connectivity index (χ4n) is 1.73. The minimum absolute atomic E-state index is 0.133. The number of nitrogens with zero attached hydrogens (tertiary/aromatic N) is 1. The highest BCUT2D eigenvalue weighted by atomic mass is 16.5. The van der Waals surface area contributed by atoms with E-state index in [2.05, 4.69) is 0 Å². The Hall–Kier alpha value is -1.35. The SMILES string of the molecule is O[N+]1=CCCC1COCc1ccccc1. The minimum atomic E-state index is 0.133. The van der Waals surface area contributed by atoms with Crippen LogP contribution in [0.4, 0.5) is 0 Å². The molecule has 0 aliphatic carbocycles. The van der Waals surface area contributed by atoms with Crippen molar-refractivity contribution in [3.05, 3.63) is 35.9 Å². The van der Waals surface area contributed by atoms with E-state index in [0.29, 0.717) is 13.2 Å². The lowest BCUT2D eigenvalue weighted by Crippen LogP contribution is -2.24. The summed E-state index contributed by atoms with van der Waals surface area (Å²) in [5.41, 5.74) is 1.17. The Bertz CT molecular complexity index is 335. The molecule has 1 unspecified atom stereocenters. The van der Waals surface area contributed by atoms with Gasteiger partial charge in [0, 0.05) is 12.8 Å². The molecule has 1 aromatic rings. The van der Waals surface area contributed by atoms with Crippen molar-refractivity contribution in [3.8, 4) is 0 Å². The fourth-order valence-corrected chi connectivity index (χ4v) is 1.73. The highest BCUT2D eigenvalue weighted by Gasteiger charge is 2.26. The van der Waals surface area contributed by atoms with E-state index in [1.165, 1.54) is 10.3 Å². The van der Waals surface area contributed by atoms with Gasteiger partial charge in [0.05, 0.1) is 6.61 Å². The van der Waals surface area contributed by atoms with E-state index in [-0.39, 0.29) is 6.04 Å². The van der Waals surface area contributed by atoms with Gasteiger partial charge in [0.2, 0.25) is 6.04 Å². The van der Waals surface area contributed by atoms with Crippen LogP contribution in [0.15, 0.2) is 30.3 Å². The lowest BCUT2D eigenvalue weighted by Gasteiger charge is -2.06. The zero-order valence-electron chi connectivity index (χ0n) is 8.67. The summed E-state index contributed by atoms with van der Waals surface area (Å²) >= 11 is 0. The molecule has 0 spiro atoms. The first-order chi connectivity index (χ1) is 7.36. The molecule has 1 aliphatic heterocycles. The summed E-state index contributed by atoms with van der Waals surface area (Å²) in [7, 11) is 0. The topological polar surface area (TPSA) is 32.5 Å². The molecular formula is C12H16NO2+. The quantitative estimate of drug-likeness (QED) is 0.602. The molecule has 1 atom stereocenters. The molecule has 0 amide bonds. The molecular weight excluding hydrogens is 190 g/mol. The number of benzene rings is 1.